The predicted octanol–water partition coefficient (Wildman–Crippen LogP) is 4.29. The van der Waals surface area contributed by atoms with Crippen LogP contribution >= 0.6 is 0 Å². The van der Waals surface area contributed by atoms with E-state index < -0.39 is 0 Å². The molecule has 0 atom stereocenters. The van der Waals surface area contributed by atoms with Gasteiger partial charge in [-0.05, 0) is 34.9 Å². The standard InChI is InChI=1S/C21H32N3O/c1-20(2,3)15-21(4,5)16-9-11-17(12-10-16)22-18(25-8)19-23(6)13-14-24(19)7/h9-14H,15H2,1-8H3/q+1/b22-18-. The maximum absolute atomic E-state index is 5.53. The highest BCUT2D eigenvalue weighted by Gasteiger charge is 2.27. The van der Waals surface area contributed by atoms with Crippen LogP contribution in [-0.2, 0) is 24.2 Å². The predicted molar refractivity (Wildman–Crippen MR) is 103 cm³/mol. The van der Waals surface area contributed by atoms with Gasteiger partial charge in [0.2, 0.25) is 0 Å². The second-order valence-corrected chi connectivity index (χ2v) is 8.63. The molecule has 0 fully saturated rings. The van der Waals surface area contributed by atoms with Gasteiger partial charge in [-0.15, -0.1) is 0 Å². The molecule has 0 aliphatic carbocycles. The number of hydrogen-bond acceptors (Lipinski definition) is 2. The molecule has 0 bridgehead atoms. The Labute approximate surface area is 152 Å². The van der Waals surface area contributed by atoms with Crippen molar-refractivity contribution >= 4 is 11.6 Å². The van der Waals surface area contributed by atoms with Crippen LogP contribution in [0, 0.1) is 5.41 Å². The van der Waals surface area contributed by atoms with E-state index in [0.29, 0.717) is 11.3 Å². The highest BCUT2D eigenvalue weighted by Crippen LogP contribution is 2.36. The summed E-state index contributed by atoms with van der Waals surface area (Å²) in [7, 11) is 5.64. The summed E-state index contributed by atoms with van der Waals surface area (Å²) in [4.78, 5) is 4.69. The van der Waals surface area contributed by atoms with Crippen molar-refractivity contribution in [2.75, 3.05) is 7.11 Å². The van der Waals surface area contributed by atoms with Gasteiger partial charge in [0.1, 0.15) is 12.4 Å². The first-order valence-electron chi connectivity index (χ1n) is 8.78. The number of methoxy groups -OCH3 is 1. The molecule has 0 radical (unpaired) electrons. The first-order valence-corrected chi connectivity index (χ1v) is 8.78. The van der Waals surface area contributed by atoms with Crippen molar-refractivity contribution in [1.82, 2.24) is 4.57 Å². The molecule has 2 rings (SSSR count). The zero-order valence-corrected chi connectivity index (χ0v) is 16.9. The first kappa shape index (κ1) is 19.2. The molecule has 25 heavy (non-hydrogen) atoms. The van der Waals surface area contributed by atoms with Gasteiger partial charge in [0, 0.05) is 0 Å². The summed E-state index contributed by atoms with van der Waals surface area (Å²) >= 11 is 0. The molecule has 1 heterocycles. The highest BCUT2D eigenvalue weighted by molar-refractivity contribution is 5.91. The van der Waals surface area contributed by atoms with Crippen LogP contribution in [0.25, 0.3) is 0 Å². The Hall–Kier alpha value is -2.10. The molecule has 136 valence electrons. The van der Waals surface area contributed by atoms with Crippen LogP contribution in [0.5, 0.6) is 0 Å². The van der Waals surface area contributed by atoms with Gasteiger partial charge in [0.25, 0.3) is 0 Å². The largest absolute Gasteiger partial charge is 0.475 e. The van der Waals surface area contributed by atoms with Gasteiger partial charge >= 0.3 is 11.7 Å². The van der Waals surface area contributed by atoms with Gasteiger partial charge in [0.15, 0.2) is 0 Å². The lowest BCUT2D eigenvalue weighted by atomic mass is 9.72. The maximum Gasteiger partial charge on any atom is 0.344 e. The molecule has 2 aromatic rings. The second-order valence-electron chi connectivity index (χ2n) is 8.63. The minimum Gasteiger partial charge on any atom is -0.475 e. The number of nitrogens with zero attached hydrogens (tertiary/aromatic N) is 3. The monoisotopic (exact) mass is 342 g/mol. The summed E-state index contributed by atoms with van der Waals surface area (Å²) in [5.74, 6) is 1.54. The number of hydrogen-bond donors (Lipinski definition) is 0. The van der Waals surface area contributed by atoms with Crippen LogP contribution in [-0.4, -0.2) is 17.6 Å². The van der Waals surface area contributed by atoms with Gasteiger partial charge in [0.05, 0.1) is 26.9 Å². The lowest BCUT2D eigenvalue weighted by Crippen LogP contribution is -2.35. The number of aliphatic imine (C=N–C) groups is 1. The Morgan fingerprint density at radius 3 is 2.16 bits per heavy atom. The molecule has 4 heteroatoms. The number of ether oxygens (including phenoxy) is 1. The minimum absolute atomic E-state index is 0.134. The Morgan fingerprint density at radius 2 is 1.72 bits per heavy atom. The fraction of sp³-hybridized carbons (Fsp3) is 0.524. The van der Waals surface area contributed by atoms with Crippen molar-refractivity contribution in [3.63, 3.8) is 0 Å². The topological polar surface area (TPSA) is 30.4 Å². The summed E-state index contributed by atoms with van der Waals surface area (Å²) in [6.07, 6.45) is 5.11. The fourth-order valence-corrected chi connectivity index (χ4v) is 3.61. The molecule has 0 unspecified atom stereocenters. The molecule has 0 aliphatic heterocycles. The summed E-state index contributed by atoms with van der Waals surface area (Å²) in [5, 5.41) is 0. The quantitative estimate of drug-likeness (QED) is 0.463. The number of imidazole rings is 1. The Bertz CT molecular complexity index is 727. The number of aryl methyl sites for hydroxylation is 2. The number of rotatable bonds is 4. The minimum atomic E-state index is 0.134. The van der Waals surface area contributed by atoms with Crippen LogP contribution in [0.15, 0.2) is 41.7 Å². The van der Waals surface area contributed by atoms with Gasteiger partial charge in [-0.25, -0.2) is 14.1 Å². The molecular formula is C21H32N3O+. The van der Waals surface area contributed by atoms with Crippen molar-refractivity contribution in [3.05, 3.63) is 48.0 Å². The van der Waals surface area contributed by atoms with Crippen LogP contribution in [0.1, 0.15) is 52.4 Å². The maximum atomic E-state index is 5.53. The smallest absolute Gasteiger partial charge is 0.344 e. The average Bonchev–Trinajstić information content (AvgIpc) is 2.82. The SMILES string of the molecule is CO/C(=N\c1ccc(C(C)(C)CC(C)(C)C)cc1)c1n(C)cc[n+]1C. The number of benzene rings is 1. The Kier molecular flexibility index (Phi) is 5.40. The third-order valence-electron chi connectivity index (χ3n) is 4.42. The lowest BCUT2D eigenvalue weighted by Gasteiger charge is -2.33. The van der Waals surface area contributed by atoms with Crippen molar-refractivity contribution < 1.29 is 9.30 Å². The van der Waals surface area contributed by atoms with E-state index in [1.807, 2.05) is 35.6 Å². The first-order chi connectivity index (χ1) is 11.5. The van der Waals surface area contributed by atoms with Crippen molar-refractivity contribution in [3.8, 4) is 0 Å². The van der Waals surface area contributed by atoms with Crippen LogP contribution < -0.4 is 4.57 Å². The molecule has 0 spiro atoms. The molecule has 1 aromatic carbocycles. The Morgan fingerprint density at radius 1 is 1.12 bits per heavy atom. The molecule has 0 saturated carbocycles. The summed E-state index contributed by atoms with van der Waals surface area (Å²) < 4.78 is 9.54. The summed E-state index contributed by atoms with van der Waals surface area (Å²) in [5.41, 5.74) is 2.66. The second kappa shape index (κ2) is 7.03. The molecular weight excluding hydrogens is 310 g/mol. The van der Waals surface area contributed by atoms with E-state index in [4.69, 9.17) is 9.73 Å². The van der Waals surface area contributed by atoms with Gasteiger partial charge in [-0.1, -0.05) is 46.8 Å². The van der Waals surface area contributed by atoms with E-state index >= 15 is 0 Å². The van der Waals surface area contributed by atoms with E-state index in [-0.39, 0.29) is 5.41 Å². The Balaban J connectivity index is 2.30. The third kappa shape index (κ3) is 4.71. The average molecular weight is 343 g/mol. The third-order valence-corrected chi connectivity index (χ3v) is 4.42. The van der Waals surface area contributed by atoms with E-state index in [2.05, 4.69) is 58.9 Å². The van der Waals surface area contributed by atoms with Crippen LogP contribution in [0.3, 0.4) is 0 Å². The summed E-state index contributed by atoms with van der Waals surface area (Å²) in [6.45, 7) is 11.5. The van der Waals surface area contributed by atoms with Gasteiger partial charge in [-0.2, -0.15) is 0 Å². The molecule has 0 N–H and O–H groups in total. The van der Waals surface area contributed by atoms with Crippen LogP contribution in [0.4, 0.5) is 5.69 Å². The highest BCUT2D eigenvalue weighted by atomic mass is 16.5. The van der Waals surface area contributed by atoms with Crippen molar-refractivity contribution in [2.45, 2.75) is 46.5 Å². The lowest BCUT2D eigenvalue weighted by molar-refractivity contribution is -0.672. The molecule has 1 aromatic heterocycles. The zero-order valence-electron chi connectivity index (χ0n) is 16.9. The zero-order chi connectivity index (χ0) is 18.8. The van der Waals surface area contributed by atoms with E-state index in [1.54, 1.807) is 7.11 Å². The normalized spacial score (nSPS) is 13.2. The van der Waals surface area contributed by atoms with Gasteiger partial charge < -0.3 is 4.74 Å². The van der Waals surface area contributed by atoms with Crippen molar-refractivity contribution in [2.24, 2.45) is 24.5 Å². The van der Waals surface area contributed by atoms with Crippen molar-refractivity contribution in [1.29, 1.82) is 0 Å². The molecule has 4 nitrogen and oxygen atoms in total. The van der Waals surface area contributed by atoms with Gasteiger partial charge in [-0.3, -0.25) is 0 Å². The van der Waals surface area contributed by atoms with E-state index in [0.717, 1.165) is 17.9 Å². The van der Waals surface area contributed by atoms with E-state index in [9.17, 15) is 0 Å². The fourth-order valence-electron chi connectivity index (χ4n) is 3.61. The molecule has 0 amide bonds. The molecule has 0 aliphatic rings. The van der Waals surface area contributed by atoms with E-state index in [1.165, 1.54) is 5.56 Å². The molecule has 0 saturated heterocycles. The summed E-state index contributed by atoms with van der Waals surface area (Å²) in [6, 6.07) is 8.51. The number of aromatic nitrogens is 2. The van der Waals surface area contributed by atoms with Crippen LogP contribution in [0.2, 0.25) is 0 Å².